The van der Waals surface area contributed by atoms with E-state index in [2.05, 4.69) is 59.1 Å². The zero-order valence-electron chi connectivity index (χ0n) is 21.8. The van der Waals surface area contributed by atoms with Gasteiger partial charge in [-0.2, -0.15) is 0 Å². The molecule has 2 aromatic carbocycles. The number of aliphatic hydroxyl groups excluding tert-OH is 1. The van der Waals surface area contributed by atoms with E-state index in [4.69, 9.17) is 13.9 Å². The number of thioether (sulfide) groups is 1. The molecule has 0 spiro atoms. The minimum absolute atomic E-state index is 0.459. The van der Waals surface area contributed by atoms with Gasteiger partial charge in [-0.1, -0.05) is 71.9 Å². The third kappa shape index (κ3) is 7.82. The Kier molecular flexibility index (Phi) is 11.6. The Labute approximate surface area is 211 Å². The summed E-state index contributed by atoms with van der Waals surface area (Å²) >= 11 is 1.60. The maximum absolute atomic E-state index is 10.5. The van der Waals surface area contributed by atoms with Gasteiger partial charge in [0.2, 0.25) is 0 Å². The molecule has 0 aliphatic heterocycles. The zero-order chi connectivity index (χ0) is 25.1. The Morgan fingerprint density at radius 1 is 0.882 bits per heavy atom. The van der Waals surface area contributed by atoms with Crippen LogP contribution in [0.4, 0.5) is 0 Å². The topological polar surface area (TPSA) is 47.9 Å². The van der Waals surface area contributed by atoms with Gasteiger partial charge in [0.25, 0.3) is 8.32 Å². The first-order valence-electron chi connectivity index (χ1n) is 12.2. The Balaban J connectivity index is 2.03. The molecule has 188 valence electrons. The second-order valence-electron chi connectivity index (χ2n) is 9.57. The molecule has 0 bridgehead atoms. The predicted octanol–water partition coefficient (Wildman–Crippen LogP) is 7.75. The predicted molar refractivity (Wildman–Crippen MR) is 148 cm³/mol. The summed E-state index contributed by atoms with van der Waals surface area (Å²) in [7, 11) is -0.447. The summed E-state index contributed by atoms with van der Waals surface area (Å²) < 4.78 is 17.9. The minimum atomic E-state index is -2.09. The highest BCUT2D eigenvalue weighted by Gasteiger charge is 2.47. The van der Waals surface area contributed by atoms with E-state index in [9.17, 15) is 5.11 Å². The lowest BCUT2D eigenvalue weighted by molar-refractivity contribution is 0.159. The third-order valence-electron chi connectivity index (χ3n) is 6.31. The van der Waals surface area contributed by atoms with Crippen LogP contribution in [0.2, 0.25) is 16.6 Å². The summed E-state index contributed by atoms with van der Waals surface area (Å²) in [4.78, 5) is 0. The molecule has 2 aromatic rings. The highest BCUT2D eigenvalue weighted by molar-refractivity contribution is 8.02. The van der Waals surface area contributed by atoms with E-state index in [-0.39, 0.29) is 0 Å². The van der Waals surface area contributed by atoms with Crippen LogP contribution in [0.15, 0.2) is 60.0 Å². The van der Waals surface area contributed by atoms with E-state index in [0.29, 0.717) is 35.4 Å². The fourth-order valence-corrected chi connectivity index (χ4v) is 10.8. The number of ether oxygens (including phenoxy) is 2. The quantitative estimate of drug-likeness (QED) is 0.211. The van der Waals surface area contributed by atoms with Gasteiger partial charge in [0.1, 0.15) is 17.3 Å². The Morgan fingerprint density at radius 3 is 1.97 bits per heavy atom. The Hall–Kier alpha value is -1.89. The molecule has 4 nitrogen and oxygen atoms in total. The summed E-state index contributed by atoms with van der Waals surface area (Å²) in [5, 5.41) is 12.6. The van der Waals surface area contributed by atoms with Crippen LogP contribution in [-0.4, -0.2) is 39.0 Å². The maximum atomic E-state index is 10.5. The lowest BCUT2D eigenvalue weighted by atomic mass is 10.2. The minimum Gasteiger partial charge on any atom is -0.542 e. The molecule has 0 heterocycles. The highest BCUT2D eigenvalue weighted by atomic mass is 32.2. The van der Waals surface area contributed by atoms with E-state index in [1.165, 1.54) is 0 Å². The number of methoxy groups -OCH3 is 1. The molecule has 0 aliphatic carbocycles. The molecule has 0 radical (unpaired) electrons. The van der Waals surface area contributed by atoms with Crippen LogP contribution in [0.5, 0.6) is 11.5 Å². The molecule has 0 aliphatic rings. The standard InChI is InChI=1S/C28H42O4SSi/c1-21(2)34(22(3)4,23(5)6)32-28(24-11-9-8-10-12-24)20-33-19-25(29)17-18-31-27-15-13-26(30-7)14-16-27/h8-16,20-23,25,29H,17-19H2,1-7H3/b28-20-/t25-/m0/s1. The van der Waals surface area contributed by atoms with E-state index < -0.39 is 14.4 Å². The normalized spacial score (nSPS) is 13.4. The van der Waals surface area contributed by atoms with Crippen molar-refractivity contribution in [3.63, 3.8) is 0 Å². The van der Waals surface area contributed by atoms with E-state index >= 15 is 0 Å². The number of benzene rings is 2. The average Bonchev–Trinajstić information content (AvgIpc) is 2.81. The van der Waals surface area contributed by atoms with E-state index in [0.717, 1.165) is 22.8 Å². The lowest BCUT2D eigenvalue weighted by Crippen LogP contribution is -2.47. The molecule has 1 N–H and O–H groups in total. The van der Waals surface area contributed by atoms with Crippen LogP contribution < -0.4 is 9.47 Å². The van der Waals surface area contributed by atoms with Gasteiger partial charge in [-0.3, -0.25) is 0 Å². The number of hydrogen-bond acceptors (Lipinski definition) is 5. The van der Waals surface area contributed by atoms with Crippen molar-refractivity contribution in [1.82, 2.24) is 0 Å². The molecule has 0 fully saturated rings. The SMILES string of the molecule is COc1ccc(OCC[C@H](O)CS/C=C(\O[Si](C(C)C)(C(C)C)C(C)C)c2ccccc2)cc1. The summed E-state index contributed by atoms with van der Waals surface area (Å²) in [5.74, 6) is 3.09. The fraction of sp³-hybridized carbons (Fsp3) is 0.500. The summed E-state index contributed by atoms with van der Waals surface area (Å²) in [6.07, 6.45) is 0.107. The smallest absolute Gasteiger partial charge is 0.258 e. The Bertz CT molecular complexity index is 844. The van der Waals surface area contributed by atoms with Gasteiger partial charge in [-0.25, -0.2) is 0 Å². The van der Waals surface area contributed by atoms with Gasteiger partial charge in [-0.15, -0.1) is 11.8 Å². The van der Waals surface area contributed by atoms with Crippen molar-refractivity contribution in [2.24, 2.45) is 0 Å². The Morgan fingerprint density at radius 2 is 1.44 bits per heavy atom. The van der Waals surface area contributed by atoms with Gasteiger partial charge >= 0.3 is 0 Å². The first-order chi connectivity index (χ1) is 16.2. The average molecular weight is 503 g/mol. The number of aliphatic hydroxyl groups is 1. The molecule has 1 atom stereocenters. The highest BCUT2D eigenvalue weighted by Crippen LogP contribution is 2.45. The molecule has 0 unspecified atom stereocenters. The zero-order valence-corrected chi connectivity index (χ0v) is 23.6. The molecule has 0 saturated heterocycles. The van der Waals surface area contributed by atoms with Crippen LogP contribution in [-0.2, 0) is 4.43 Å². The lowest BCUT2D eigenvalue weighted by Gasteiger charge is -2.43. The summed E-state index contributed by atoms with van der Waals surface area (Å²) in [6.45, 7) is 14.3. The molecular weight excluding hydrogens is 460 g/mol. The molecule has 6 heteroatoms. The first kappa shape index (κ1) is 28.3. The monoisotopic (exact) mass is 502 g/mol. The van der Waals surface area contributed by atoms with E-state index in [1.807, 2.05) is 42.5 Å². The van der Waals surface area contributed by atoms with Crippen molar-refractivity contribution >= 4 is 25.8 Å². The number of hydrogen-bond donors (Lipinski definition) is 1. The van der Waals surface area contributed by atoms with Gasteiger partial charge in [-0.05, 0) is 40.9 Å². The van der Waals surface area contributed by atoms with Crippen molar-refractivity contribution < 1.29 is 19.0 Å². The van der Waals surface area contributed by atoms with Crippen LogP contribution in [0.25, 0.3) is 5.76 Å². The molecule has 0 saturated carbocycles. The molecule has 0 amide bonds. The van der Waals surface area contributed by atoms with Crippen molar-refractivity contribution in [2.75, 3.05) is 19.5 Å². The molecule has 34 heavy (non-hydrogen) atoms. The second-order valence-corrected chi connectivity index (χ2v) is 15.8. The summed E-state index contributed by atoms with van der Waals surface area (Å²) in [6, 6.07) is 17.8. The van der Waals surface area contributed by atoms with Crippen molar-refractivity contribution in [2.45, 2.75) is 70.7 Å². The van der Waals surface area contributed by atoms with Gasteiger partial charge < -0.3 is 19.0 Å². The van der Waals surface area contributed by atoms with Gasteiger partial charge in [0.05, 0.1) is 19.8 Å². The maximum Gasteiger partial charge on any atom is 0.258 e. The fourth-order valence-electron chi connectivity index (χ4n) is 4.60. The number of rotatable bonds is 14. The van der Waals surface area contributed by atoms with Crippen LogP contribution in [0.1, 0.15) is 53.5 Å². The third-order valence-corrected chi connectivity index (χ3v) is 13.3. The molecule has 2 rings (SSSR count). The molecule has 0 aromatic heterocycles. The van der Waals surface area contributed by atoms with E-state index in [1.54, 1.807) is 18.9 Å². The summed E-state index contributed by atoms with van der Waals surface area (Å²) in [5.41, 5.74) is 2.56. The van der Waals surface area contributed by atoms with Crippen LogP contribution in [0.3, 0.4) is 0 Å². The van der Waals surface area contributed by atoms with Crippen LogP contribution in [0, 0.1) is 0 Å². The first-order valence-corrected chi connectivity index (χ1v) is 15.4. The van der Waals surface area contributed by atoms with Gasteiger partial charge in [0.15, 0.2) is 0 Å². The second kappa shape index (κ2) is 13.9. The van der Waals surface area contributed by atoms with Crippen LogP contribution >= 0.6 is 11.8 Å². The van der Waals surface area contributed by atoms with Gasteiger partial charge in [0, 0.05) is 23.1 Å². The van der Waals surface area contributed by atoms with Crippen molar-refractivity contribution in [3.8, 4) is 11.5 Å². The van der Waals surface area contributed by atoms with Crippen molar-refractivity contribution in [1.29, 1.82) is 0 Å². The molecular formula is C28H42O4SSi. The van der Waals surface area contributed by atoms with Crippen molar-refractivity contribution in [3.05, 3.63) is 65.6 Å². The largest absolute Gasteiger partial charge is 0.542 e.